The van der Waals surface area contributed by atoms with E-state index in [1.54, 1.807) is 0 Å². The van der Waals surface area contributed by atoms with Crippen LogP contribution in [0, 0.1) is 0 Å². The third-order valence-corrected chi connectivity index (χ3v) is 1.28. The van der Waals surface area contributed by atoms with E-state index in [4.69, 9.17) is 0 Å². The summed E-state index contributed by atoms with van der Waals surface area (Å²) < 4.78 is 0. The van der Waals surface area contributed by atoms with Crippen LogP contribution in [0.1, 0.15) is 0 Å². The molecule has 0 aromatic carbocycles. The van der Waals surface area contributed by atoms with Gasteiger partial charge < -0.3 is 4.84 Å². The number of allylic oxidation sites excluding steroid dienone is 1. The van der Waals surface area contributed by atoms with Gasteiger partial charge in [-0.15, -0.1) is 0 Å². The molecule has 2 aliphatic rings. The summed E-state index contributed by atoms with van der Waals surface area (Å²) in [5.74, 6) is -0.766. The molecule has 0 aliphatic carbocycles. The highest BCUT2D eigenvalue weighted by Crippen LogP contribution is 2.13. The number of dihydropyridines is 1. The summed E-state index contributed by atoms with van der Waals surface area (Å²) >= 11 is 0. The van der Waals surface area contributed by atoms with Gasteiger partial charge in [0.15, 0.2) is 5.78 Å². The molecule has 11 heavy (non-hydrogen) atoms. The molecular formula is C6H2N2O3. The molecule has 2 rings (SSSR count). The molecule has 0 amide bonds. The lowest BCUT2D eigenvalue weighted by atomic mass is 10.1. The van der Waals surface area contributed by atoms with Gasteiger partial charge >= 0.3 is 5.97 Å². The third kappa shape index (κ3) is 0.778. The first-order chi connectivity index (χ1) is 5.27. The van der Waals surface area contributed by atoms with E-state index >= 15 is 0 Å². The lowest BCUT2D eigenvalue weighted by Crippen LogP contribution is -2.12. The molecule has 0 unspecified atom stereocenters. The maximum Gasteiger partial charge on any atom is 0.369 e. The Labute approximate surface area is 61.0 Å². The van der Waals surface area contributed by atoms with Gasteiger partial charge in [0.1, 0.15) is 5.57 Å². The second kappa shape index (κ2) is 1.85. The smallest absolute Gasteiger partial charge is 0.310 e. The summed E-state index contributed by atoms with van der Waals surface area (Å²) in [7, 11) is 0. The molecule has 54 valence electrons. The first-order valence-electron chi connectivity index (χ1n) is 2.87. The van der Waals surface area contributed by atoms with Crippen molar-refractivity contribution in [3.8, 4) is 0 Å². The molecule has 0 saturated carbocycles. The fraction of sp³-hybridized carbons (Fsp3) is 0. The van der Waals surface area contributed by atoms with E-state index in [0.717, 1.165) is 12.3 Å². The number of rotatable bonds is 0. The molecule has 0 bridgehead atoms. The van der Waals surface area contributed by atoms with Crippen LogP contribution in [0.5, 0.6) is 0 Å². The lowest BCUT2D eigenvalue weighted by Gasteiger charge is -1.94. The Kier molecular flexibility index (Phi) is 1.00. The maximum absolute atomic E-state index is 10.7. The maximum atomic E-state index is 10.7. The highest BCUT2D eigenvalue weighted by Gasteiger charge is 2.27. The van der Waals surface area contributed by atoms with Gasteiger partial charge in [-0.1, -0.05) is 5.16 Å². The minimum Gasteiger partial charge on any atom is -0.310 e. The van der Waals surface area contributed by atoms with Crippen molar-refractivity contribution in [1.29, 1.82) is 0 Å². The second-order valence-electron chi connectivity index (χ2n) is 2.01. The van der Waals surface area contributed by atoms with Gasteiger partial charge in [0.2, 0.25) is 5.84 Å². The van der Waals surface area contributed by atoms with Gasteiger partial charge in [0.05, 0.1) is 6.21 Å². The summed E-state index contributed by atoms with van der Waals surface area (Å²) in [4.78, 5) is 29.2. The monoisotopic (exact) mass is 150 g/mol. The Hall–Kier alpha value is -1.78. The van der Waals surface area contributed by atoms with Crippen LogP contribution in [0.2, 0.25) is 0 Å². The largest absolute Gasteiger partial charge is 0.369 e. The normalized spacial score (nSPS) is 20.7. The van der Waals surface area contributed by atoms with Crippen LogP contribution in [-0.2, 0) is 14.4 Å². The number of amidine groups is 1. The number of aliphatic imine (C=N–C) groups is 1. The number of oxime groups is 1. The highest BCUT2D eigenvalue weighted by atomic mass is 16.7. The lowest BCUT2D eigenvalue weighted by molar-refractivity contribution is -0.137. The summed E-state index contributed by atoms with van der Waals surface area (Å²) in [5, 5.41) is 3.32. The van der Waals surface area contributed by atoms with E-state index in [1.807, 2.05) is 0 Å². The van der Waals surface area contributed by atoms with E-state index in [9.17, 15) is 9.59 Å². The molecule has 5 heteroatoms. The summed E-state index contributed by atoms with van der Waals surface area (Å²) in [6.45, 7) is 0. The number of nitrogens with zero attached hydrogens (tertiary/aromatic N) is 2. The van der Waals surface area contributed by atoms with Crippen molar-refractivity contribution in [2.75, 3.05) is 0 Å². The first-order valence-corrected chi connectivity index (χ1v) is 2.87. The van der Waals surface area contributed by atoms with Crippen LogP contribution in [0.3, 0.4) is 0 Å². The summed E-state index contributed by atoms with van der Waals surface area (Å²) in [5.41, 5.74) is 0.137. The molecule has 5 nitrogen and oxygen atoms in total. The number of ketones is 1. The van der Waals surface area contributed by atoms with Crippen LogP contribution in [-0.4, -0.2) is 23.8 Å². The van der Waals surface area contributed by atoms with Crippen LogP contribution >= 0.6 is 0 Å². The van der Waals surface area contributed by atoms with Crippen molar-refractivity contribution in [3.63, 3.8) is 0 Å². The molecule has 2 aliphatic heterocycles. The molecule has 0 radical (unpaired) electrons. The molecule has 0 saturated heterocycles. The first kappa shape index (κ1) is 5.96. The van der Waals surface area contributed by atoms with E-state index in [1.165, 1.54) is 0 Å². The molecule has 0 aromatic rings. The SMILES string of the molecule is O=C1C=NC2=NOC(=O)C2=C1. The Balaban J connectivity index is 2.50. The van der Waals surface area contributed by atoms with Crippen molar-refractivity contribution < 1.29 is 14.4 Å². The molecular weight excluding hydrogens is 148 g/mol. The molecule has 2 heterocycles. The predicted molar refractivity (Wildman–Crippen MR) is 35.1 cm³/mol. The summed E-state index contributed by atoms with van der Waals surface area (Å²) in [6, 6.07) is 0. The summed E-state index contributed by atoms with van der Waals surface area (Å²) in [6.07, 6.45) is 2.24. The Bertz CT molecular complexity index is 338. The van der Waals surface area contributed by atoms with Crippen molar-refractivity contribution in [2.45, 2.75) is 0 Å². The number of carbonyl (C=O) groups is 2. The molecule has 0 atom stereocenters. The van der Waals surface area contributed by atoms with Gasteiger partial charge in [-0.3, -0.25) is 4.79 Å². The van der Waals surface area contributed by atoms with Crippen molar-refractivity contribution in [1.82, 2.24) is 0 Å². The number of fused-ring (bicyclic) bond motifs is 1. The van der Waals surface area contributed by atoms with Gasteiger partial charge in [0, 0.05) is 6.08 Å². The van der Waals surface area contributed by atoms with E-state index < -0.39 is 5.97 Å². The van der Waals surface area contributed by atoms with Crippen LogP contribution in [0.25, 0.3) is 0 Å². The van der Waals surface area contributed by atoms with Crippen LogP contribution in [0.15, 0.2) is 21.8 Å². The van der Waals surface area contributed by atoms with Crippen molar-refractivity contribution in [2.24, 2.45) is 10.1 Å². The Morgan fingerprint density at radius 1 is 1.36 bits per heavy atom. The van der Waals surface area contributed by atoms with Gasteiger partial charge in [-0.05, 0) is 0 Å². The van der Waals surface area contributed by atoms with E-state index in [0.29, 0.717) is 0 Å². The van der Waals surface area contributed by atoms with Crippen molar-refractivity contribution >= 4 is 23.8 Å². The fourth-order valence-electron chi connectivity index (χ4n) is 0.795. The average Bonchev–Trinajstić information content (AvgIpc) is 2.33. The quantitative estimate of drug-likeness (QED) is 0.434. The zero-order valence-electron chi connectivity index (χ0n) is 5.27. The average molecular weight is 150 g/mol. The minimum absolute atomic E-state index is 0.137. The predicted octanol–water partition coefficient (Wildman–Crippen LogP) is -0.563. The van der Waals surface area contributed by atoms with E-state index in [2.05, 4.69) is 15.0 Å². The van der Waals surface area contributed by atoms with Gasteiger partial charge in [-0.2, -0.15) is 0 Å². The second-order valence-corrected chi connectivity index (χ2v) is 2.01. The zero-order valence-corrected chi connectivity index (χ0v) is 5.27. The Morgan fingerprint density at radius 2 is 2.18 bits per heavy atom. The standard InChI is InChI=1S/C6H2N2O3/c9-3-1-4-5(7-2-3)8-11-6(4)10/h1-2H. The fourth-order valence-corrected chi connectivity index (χ4v) is 0.795. The van der Waals surface area contributed by atoms with E-state index in [-0.39, 0.29) is 17.2 Å². The Morgan fingerprint density at radius 3 is 3.00 bits per heavy atom. The molecule has 0 aromatic heterocycles. The van der Waals surface area contributed by atoms with Crippen LogP contribution in [0.4, 0.5) is 0 Å². The number of hydrogen-bond acceptors (Lipinski definition) is 5. The molecule has 0 N–H and O–H groups in total. The highest BCUT2D eigenvalue weighted by molar-refractivity contribution is 6.42. The molecule has 0 fully saturated rings. The zero-order chi connectivity index (χ0) is 7.84. The number of hydrogen-bond donors (Lipinski definition) is 0. The topological polar surface area (TPSA) is 68.1 Å². The minimum atomic E-state index is -0.620. The molecule has 0 spiro atoms. The van der Waals surface area contributed by atoms with Gasteiger partial charge in [-0.25, -0.2) is 9.79 Å². The van der Waals surface area contributed by atoms with Crippen LogP contribution < -0.4 is 0 Å². The van der Waals surface area contributed by atoms with Crippen molar-refractivity contribution in [3.05, 3.63) is 11.6 Å². The number of carbonyl (C=O) groups excluding carboxylic acids is 2. The van der Waals surface area contributed by atoms with Gasteiger partial charge in [0.25, 0.3) is 0 Å². The third-order valence-electron chi connectivity index (χ3n) is 1.28.